The monoisotopic (exact) mass is 399 g/mol. The molecule has 2 rings (SSSR count). The molecule has 1 saturated carbocycles. The molecule has 0 spiro atoms. The van der Waals surface area contributed by atoms with Crippen LogP contribution in [0.5, 0.6) is 0 Å². The highest BCUT2D eigenvalue weighted by Gasteiger charge is 2.28. The van der Waals surface area contributed by atoms with Gasteiger partial charge in [0, 0.05) is 37.7 Å². The van der Waals surface area contributed by atoms with Gasteiger partial charge in [0.25, 0.3) is 0 Å². The van der Waals surface area contributed by atoms with Gasteiger partial charge in [-0.2, -0.15) is 11.8 Å². The zero-order valence-corrected chi connectivity index (χ0v) is 14.9. The summed E-state index contributed by atoms with van der Waals surface area (Å²) < 4.78 is 5.56. The van der Waals surface area contributed by atoms with Crippen LogP contribution < -0.4 is 5.73 Å². The normalized spacial score (nSPS) is 27.6. The fourth-order valence-corrected chi connectivity index (χ4v) is 3.44. The molecule has 2 aliphatic rings. The number of aliphatic imine (C=N–C) groups is 1. The standard InChI is InChI=1S/C13H25N3OS.HI/c1-2-17-12-9-11(10-12)3-4-15-13(14)16-5-7-18-8-6-16;/h11-12H,2-10H2,1H3,(H2,14,15);1H. The van der Waals surface area contributed by atoms with E-state index in [1.54, 1.807) is 0 Å². The maximum Gasteiger partial charge on any atom is 0.191 e. The first-order valence-electron chi connectivity index (χ1n) is 7.03. The molecule has 0 atom stereocenters. The number of guanidine groups is 1. The van der Waals surface area contributed by atoms with Crippen molar-refractivity contribution in [2.45, 2.75) is 32.3 Å². The number of nitrogens with zero attached hydrogens (tertiary/aromatic N) is 2. The van der Waals surface area contributed by atoms with Crippen LogP contribution in [-0.2, 0) is 4.74 Å². The van der Waals surface area contributed by atoms with Crippen LogP contribution >= 0.6 is 35.7 Å². The van der Waals surface area contributed by atoms with Crippen molar-refractivity contribution in [2.75, 3.05) is 37.7 Å². The SMILES string of the molecule is CCOC1CC(CCN=C(N)N2CCSCC2)C1.I. The summed E-state index contributed by atoms with van der Waals surface area (Å²) in [5.41, 5.74) is 6.01. The molecule has 0 aromatic heterocycles. The molecular weight excluding hydrogens is 373 g/mol. The lowest BCUT2D eigenvalue weighted by atomic mass is 9.80. The van der Waals surface area contributed by atoms with Crippen LogP contribution in [0.1, 0.15) is 26.2 Å². The Labute approximate surface area is 137 Å². The molecule has 0 radical (unpaired) electrons. The topological polar surface area (TPSA) is 50.9 Å². The van der Waals surface area contributed by atoms with Gasteiger partial charge >= 0.3 is 0 Å². The van der Waals surface area contributed by atoms with E-state index < -0.39 is 0 Å². The van der Waals surface area contributed by atoms with Crippen molar-refractivity contribution in [2.24, 2.45) is 16.6 Å². The zero-order valence-electron chi connectivity index (χ0n) is 11.7. The predicted octanol–water partition coefficient (Wildman–Crippen LogP) is 2.17. The summed E-state index contributed by atoms with van der Waals surface area (Å²) in [5, 5.41) is 0. The summed E-state index contributed by atoms with van der Waals surface area (Å²) in [7, 11) is 0. The first-order chi connectivity index (χ1) is 8.79. The van der Waals surface area contributed by atoms with Gasteiger partial charge in [-0.15, -0.1) is 24.0 Å². The lowest BCUT2D eigenvalue weighted by Gasteiger charge is -2.34. The molecule has 1 saturated heterocycles. The van der Waals surface area contributed by atoms with E-state index in [9.17, 15) is 0 Å². The zero-order chi connectivity index (χ0) is 12.8. The first kappa shape index (κ1) is 17.4. The summed E-state index contributed by atoms with van der Waals surface area (Å²) in [6, 6.07) is 0. The van der Waals surface area contributed by atoms with Gasteiger partial charge in [-0.25, -0.2) is 0 Å². The van der Waals surface area contributed by atoms with E-state index in [0.717, 1.165) is 44.5 Å². The molecule has 1 aliphatic carbocycles. The van der Waals surface area contributed by atoms with Crippen LogP contribution in [0.3, 0.4) is 0 Å². The maximum atomic E-state index is 6.01. The number of rotatable bonds is 5. The molecule has 112 valence electrons. The molecule has 0 bridgehead atoms. The third-order valence-electron chi connectivity index (χ3n) is 3.74. The number of hydrogen-bond acceptors (Lipinski definition) is 3. The van der Waals surface area contributed by atoms with E-state index in [4.69, 9.17) is 10.5 Å². The molecule has 0 aromatic carbocycles. The van der Waals surface area contributed by atoms with Crippen molar-refractivity contribution in [3.05, 3.63) is 0 Å². The molecule has 1 heterocycles. The molecule has 1 aliphatic heterocycles. The van der Waals surface area contributed by atoms with Crippen molar-refractivity contribution < 1.29 is 4.74 Å². The van der Waals surface area contributed by atoms with Crippen molar-refractivity contribution in [3.63, 3.8) is 0 Å². The van der Waals surface area contributed by atoms with Crippen molar-refractivity contribution in [1.82, 2.24) is 4.90 Å². The summed E-state index contributed by atoms with van der Waals surface area (Å²) in [4.78, 5) is 6.72. The largest absolute Gasteiger partial charge is 0.378 e. The molecule has 19 heavy (non-hydrogen) atoms. The van der Waals surface area contributed by atoms with E-state index in [0.29, 0.717) is 6.10 Å². The Morgan fingerprint density at radius 1 is 1.37 bits per heavy atom. The lowest BCUT2D eigenvalue weighted by Crippen LogP contribution is -2.42. The summed E-state index contributed by atoms with van der Waals surface area (Å²) in [6.07, 6.45) is 4.10. The lowest BCUT2D eigenvalue weighted by molar-refractivity contribution is -0.0257. The number of nitrogens with two attached hydrogens (primary N) is 1. The summed E-state index contributed by atoms with van der Waals surface area (Å²) >= 11 is 2.00. The highest BCUT2D eigenvalue weighted by atomic mass is 127. The molecule has 4 nitrogen and oxygen atoms in total. The smallest absolute Gasteiger partial charge is 0.191 e. The van der Waals surface area contributed by atoms with E-state index in [2.05, 4.69) is 16.8 Å². The number of hydrogen-bond donors (Lipinski definition) is 1. The average Bonchev–Trinajstić information content (AvgIpc) is 2.36. The Morgan fingerprint density at radius 3 is 2.68 bits per heavy atom. The van der Waals surface area contributed by atoms with Crippen LogP contribution in [0.15, 0.2) is 4.99 Å². The molecule has 6 heteroatoms. The first-order valence-corrected chi connectivity index (χ1v) is 8.19. The number of halogens is 1. The predicted molar refractivity (Wildman–Crippen MR) is 93.6 cm³/mol. The minimum Gasteiger partial charge on any atom is -0.378 e. The Morgan fingerprint density at radius 2 is 2.05 bits per heavy atom. The van der Waals surface area contributed by atoms with Crippen LogP contribution in [-0.4, -0.2) is 54.7 Å². The molecule has 2 fully saturated rings. The fourth-order valence-electron chi connectivity index (χ4n) is 2.54. The van der Waals surface area contributed by atoms with Gasteiger partial charge in [-0.3, -0.25) is 4.99 Å². The molecule has 0 amide bonds. The Bertz CT molecular complexity index is 279. The number of thioether (sulfide) groups is 1. The van der Waals surface area contributed by atoms with Gasteiger partial charge in [-0.05, 0) is 32.1 Å². The van der Waals surface area contributed by atoms with Crippen LogP contribution in [0.25, 0.3) is 0 Å². The van der Waals surface area contributed by atoms with Gasteiger partial charge < -0.3 is 15.4 Å². The summed E-state index contributed by atoms with van der Waals surface area (Å²) in [5.74, 6) is 3.90. The third-order valence-corrected chi connectivity index (χ3v) is 4.68. The van der Waals surface area contributed by atoms with Crippen LogP contribution in [0, 0.1) is 5.92 Å². The molecule has 0 aromatic rings. The second kappa shape index (κ2) is 9.28. The van der Waals surface area contributed by atoms with E-state index in [-0.39, 0.29) is 24.0 Å². The van der Waals surface area contributed by atoms with Gasteiger partial charge in [0.15, 0.2) is 5.96 Å². The second-order valence-electron chi connectivity index (χ2n) is 5.04. The van der Waals surface area contributed by atoms with E-state index >= 15 is 0 Å². The minimum absolute atomic E-state index is 0. The third kappa shape index (κ3) is 5.67. The maximum absolute atomic E-state index is 6.01. The molecule has 0 unspecified atom stereocenters. The fraction of sp³-hybridized carbons (Fsp3) is 0.923. The van der Waals surface area contributed by atoms with Crippen molar-refractivity contribution in [3.8, 4) is 0 Å². The van der Waals surface area contributed by atoms with Crippen LogP contribution in [0.2, 0.25) is 0 Å². The average molecular weight is 399 g/mol. The van der Waals surface area contributed by atoms with Crippen molar-refractivity contribution >= 4 is 41.7 Å². The van der Waals surface area contributed by atoms with Gasteiger partial charge in [0.1, 0.15) is 0 Å². The van der Waals surface area contributed by atoms with E-state index in [1.165, 1.54) is 24.3 Å². The Balaban J connectivity index is 0.00000180. The molecular formula is C13H26IN3OS. The van der Waals surface area contributed by atoms with E-state index in [1.807, 2.05) is 11.8 Å². The van der Waals surface area contributed by atoms with Gasteiger partial charge in [-0.1, -0.05) is 0 Å². The van der Waals surface area contributed by atoms with Gasteiger partial charge in [0.05, 0.1) is 6.10 Å². The summed E-state index contributed by atoms with van der Waals surface area (Å²) in [6.45, 7) is 5.88. The van der Waals surface area contributed by atoms with Crippen LogP contribution in [0.4, 0.5) is 0 Å². The number of ether oxygens (including phenoxy) is 1. The quantitative estimate of drug-likeness (QED) is 0.438. The Kier molecular flexibility index (Phi) is 8.48. The second-order valence-corrected chi connectivity index (χ2v) is 6.27. The molecule has 2 N–H and O–H groups in total. The van der Waals surface area contributed by atoms with Gasteiger partial charge in [0.2, 0.25) is 0 Å². The van der Waals surface area contributed by atoms with Crippen molar-refractivity contribution in [1.29, 1.82) is 0 Å². The Hall–Kier alpha value is 0.310. The highest BCUT2D eigenvalue weighted by molar-refractivity contribution is 14.0. The minimum atomic E-state index is 0. The highest BCUT2D eigenvalue weighted by Crippen LogP contribution is 2.32.